The Labute approximate surface area is 111 Å². The molecule has 4 heteroatoms. The van der Waals surface area contributed by atoms with Crippen molar-refractivity contribution in [2.45, 2.75) is 26.2 Å². The van der Waals surface area contributed by atoms with Gasteiger partial charge in [0.2, 0.25) is 5.91 Å². The molecule has 1 aliphatic rings. The molecule has 0 radical (unpaired) electrons. The number of hydrogen-bond acceptors (Lipinski definition) is 3. The van der Waals surface area contributed by atoms with Gasteiger partial charge < -0.3 is 10.6 Å². The van der Waals surface area contributed by atoms with Crippen molar-refractivity contribution in [3.8, 4) is 0 Å². The highest BCUT2D eigenvalue weighted by molar-refractivity contribution is 5.76. The highest BCUT2D eigenvalue weighted by Gasteiger charge is 2.20. The van der Waals surface area contributed by atoms with Crippen LogP contribution in [0.1, 0.15) is 26.2 Å². The molecule has 1 atom stereocenters. The summed E-state index contributed by atoms with van der Waals surface area (Å²) in [6.07, 6.45) is 4.57. The summed E-state index contributed by atoms with van der Waals surface area (Å²) in [5, 5.41) is 0. The Morgan fingerprint density at radius 3 is 2.56 bits per heavy atom. The van der Waals surface area contributed by atoms with Gasteiger partial charge in [0.1, 0.15) is 0 Å². The molecule has 18 heavy (non-hydrogen) atoms. The normalized spacial score (nSPS) is 18.7. The molecule has 0 aromatic carbocycles. The lowest BCUT2D eigenvalue weighted by molar-refractivity contribution is -0.133. The first-order valence-electron chi connectivity index (χ1n) is 6.98. The van der Waals surface area contributed by atoms with E-state index >= 15 is 0 Å². The molecule has 2 N–H and O–H groups in total. The number of nitrogens with two attached hydrogens (primary N) is 1. The van der Waals surface area contributed by atoms with Crippen molar-refractivity contribution in [1.82, 2.24) is 9.80 Å². The zero-order chi connectivity index (χ0) is 13.4. The van der Waals surface area contributed by atoms with Gasteiger partial charge in [0.15, 0.2) is 0 Å². The Morgan fingerprint density at radius 1 is 1.33 bits per heavy atom. The van der Waals surface area contributed by atoms with E-state index in [-0.39, 0.29) is 0 Å². The molecule has 1 heterocycles. The Kier molecular flexibility index (Phi) is 6.98. The van der Waals surface area contributed by atoms with Crippen molar-refractivity contribution < 1.29 is 4.79 Å². The van der Waals surface area contributed by atoms with Crippen LogP contribution < -0.4 is 5.73 Å². The SMILES string of the molecule is C=CCN1CCN(C(=O)CCC(C)CCN)CC1. The second-order valence-electron chi connectivity index (χ2n) is 5.19. The van der Waals surface area contributed by atoms with Crippen molar-refractivity contribution in [1.29, 1.82) is 0 Å². The minimum atomic E-state index is 0.303. The average molecular weight is 253 g/mol. The molecule has 1 rings (SSSR count). The number of rotatable bonds is 7. The van der Waals surface area contributed by atoms with Crippen molar-refractivity contribution >= 4 is 5.91 Å². The fraction of sp³-hybridized carbons (Fsp3) is 0.786. The predicted molar refractivity (Wildman–Crippen MR) is 75.3 cm³/mol. The molecule has 0 aromatic rings. The Hall–Kier alpha value is -0.870. The number of nitrogens with zero attached hydrogens (tertiary/aromatic N) is 2. The Morgan fingerprint density at radius 2 is 2.00 bits per heavy atom. The van der Waals surface area contributed by atoms with E-state index in [9.17, 15) is 4.79 Å². The van der Waals surface area contributed by atoms with Crippen LogP contribution in [-0.2, 0) is 4.79 Å². The van der Waals surface area contributed by atoms with Crippen LogP contribution in [0.4, 0.5) is 0 Å². The van der Waals surface area contributed by atoms with E-state index in [2.05, 4.69) is 18.4 Å². The maximum Gasteiger partial charge on any atom is 0.222 e. The molecular weight excluding hydrogens is 226 g/mol. The van der Waals surface area contributed by atoms with Crippen LogP contribution in [0.25, 0.3) is 0 Å². The minimum absolute atomic E-state index is 0.303. The lowest BCUT2D eigenvalue weighted by atomic mass is 10.0. The van der Waals surface area contributed by atoms with Crippen LogP contribution in [0.3, 0.4) is 0 Å². The van der Waals surface area contributed by atoms with Crippen LogP contribution in [0, 0.1) is 5.92 Å². The highest BCUT2D eigenvalue weighted by atomic mass is 16.2. The summed E-state index contributed by atoms with van der Waals surface area (Å²) in [7, 11) is 0. The maximum atomic E-state index is 12.0. The molecular formula is C14H27N3O. The van der Waals surface area contributed by atoms with Gasteiger partial charge in [-0.05, 0) is 25.3 Å². The van der Waals surface area contributed by atoms with Crippen LogP contribution in [0.5, 0.6) is 0 Å². The molecule has 0 saturated carbocycles. The first kappa shape index (κ1) is 15.2. The van der Waals surface area contributed by atoms with Gasteiger partial charge in [0, 0.05) is 39.1 Å². The zero-order valence-corrected chi connectivity index (χ0v) is 11.6. The van der Waals surface area contributed by atoms with Gasteiger partial charge in [-0.1, -0.05) is 13.0 Å². The quantitative estimate of drug-likeness (QED) is 0.691. The Bertz CT molecular complexity index is 260. The molecule has 1 fully saturated rings. The summed E-state index contributed by atoms with van der Waals surface area (Å²) in [5.41, 5.74) is 5.51. The van der Waals surface area contributed by atoms with Gasteiger partial charge in [-0.3, -0.25) is 9.69 Å². The van der Waals surface area contributed by atoms with E-state index in [1.54, 1.807) is 0 Å². The summed E-state index contributed by atoms with van der Waals surface area (Å²) in [5.74, 6) is 0.859. The summed E-state index contributed by atoms with van der Waals surface area (Å²) < 4.78 is 0. The molecule has 0 bridgehead atoms. The van der Waals surface area contributed by atoms with Gasteiger partial charge in [0.25, 0.3) is 0 Å². The van der Waals surface area contributed by atoms with Crippen LogP contribution >= 0.6 is 0 Å². The predicted octanol–water partition coefficient (Wildman–Crippen LogP) is 1.08. The van der Waals surface area contributed by atoms with Crippen LogP contribution in [-0.4, -0.2) is 55.0 Å². The topological polar surface area (TPSA) is 49.6 Å². The largest absolute Gasteiger partial charge is 0.340 e. The van der Waals surface area contributed by atoms with E-state index < -0.39 is 0 Å². The van der Waals surface area contributed by atoms with E-state index in [1.807, 2.05) is 11.0 Å². The lowest BCUT2D eigenvalue weighted by Crippen LogP contribution is -2.48. The lowest BCUT2D eigenvalue weighted by Gasteiger charge is -2.34. The zero-order valence-electron chi connectivity index (χ0n) is 11.6. The molecule has 1 saturated heterocycles. The summed E-state index contributed by atoms with van der Waals surface area (Å²) in [6, 6.07) is 0. The number of amides is 1. The standard InChI is InChI=1S/C14H27N3O/c1-3-8-16-9-11-17(12-10-16)14(18)5-4-13(2)6-7-15/h3,13H,1,4-12,15H2,2H3. The summed E-state index contributed by atoms with van der Waals surface area (Å²) >= 11 is 0. The maximum absolute atomic E-state index is 12.0. The second-order valence-corrected chi connectivity index (χ2v) is 5.19. The third-order valence-corrected chi connectivity index (χ3v) is 3.62. The monoisotopic (exact) mass is 253 g/mol. The molecule has 0 aliphatic carbocycles. The smallest absolute Gasteiger partial charge is 0.222 e. The molecule has 1 aliphatic heterocycles. The molecule has 0 aromatic heterocycles. The first-order chi connectivity index (χ1) is 8.67. The van der Waals surface area contributed by atoms with Gasteiger partial charge in [-0.25, -0.2) is 0 Å². The Balaban J connectivity index is 2.21. The van der Waals surface area contributed by atoms with E-state index in [0.717, 1.165) is 52.1 Å². The van der Waals surface area contributed by atoms with Crippen molar-refractivity contribution in [3.63, 3.8) is 0 Å². The van der Waals surface area contributed by atoms with Crippen LogP contribution in [0.15, 0.2) is 12.7 Å². The number of carbonyl (C=O) groups is 1. The van der Waals surface area contributed by atoms with E-state index in [4.69, 9.17) is 5.73 Å². The fourth-order valence-electron chi connectivity index (χ4n) is 2.32. The number of piperazine rings is 1. The minimum Gasteiger partial charge on any atom is -0.340 e. The van der Waals surface area contributed by atoms with Gasteiger partial charge in [-0.2, -0.15) is 0 Å². The molecule has 1 unspecified atom stereocenters. The number of hydrogen-bond donors (Lipinski definition) is 1. The van der Waals surface area contributed by atoms with E-state index in [1.165, 1.54) is 0 Å². The van der Waals surface area contributed by atoms with Gasteiger partial charge >= 0.3 is 0 Å². The highest BCUT2D eigenvalue weighted by Crippen LogP contribution is 2.12. The molecule has 104 valence electrons. The van der Waals surface area contributed by atoms with Crippen molar-refractivity contribution in [3.05, 3.63) is 12.7 Å². The van der Waals surface area contributed by atoms with Crippen LogP contribution in [0.2, 0.25) is 0 Å². The third-order valence-electron chi connectivity index (χ3n) is 3.62. The summed E-state index contributed by atoms with van der Waals surface area (Å²) in [6.45, 7) is 11.2. The first-order valence-corrected chi connectivity index (χ1v) is 6.98. The molecule has 1 amide bonds. The molecule has 4 nitrogen and oxygen atoms in total. The van der Waals surface area contributed by atoms with Gasteiger partial charge in [0.05, 0.1) is 0 Å². The average Bonchev–Trinajstić information content (AvgIpc) is 2.37. The molecule has 0 spiro atoms. The fourth-order valence-corrected chi connectivity index (χ4v) is 2.32. The summed E-state index contributed by atoms with van der Waals surface area (Å²) in [4.78, 5) is 16.3. The van der Waals surface area contributed by atoms with E-state index in [0.29, 0.717) is 18.2 Å². The van der Waals surface area contributed by atoms with Crippen molar-refractivity contribution in [2.75, 3.05) is 39.3 Å². The van der Waals surface area contributed by atoms with Crippen molar-refractivity contribution in [2.24, 2.45) is 11.7 Å². The van der Waals surface area contributed by atoms with Gasteiger partial charge in [-0.15, -0.1) is 6.58 Å². The second kappa shape index (κ2) is 8.27. The number of carbonyl (C=O) groups excluding carboxylic acids is 1. The third kappa shape index (κ3) is 5.19.